The topological polar surface area (TPSA) is 38.3 Å². The lowest BCUT2D eigenvalue weighted by Crippen LogP contribution is -2.46. The molecule has 31 heavy (non-hydrogen) atoms. The average Bonchev–Trinajstić information content (AvgIpc) is 2.77. The molecule has 0 heterocycles. The summed E-state index contributed by atoms with van der Waals surface area (Å²) in [4.78, 5) is 13.4. The second-order valence-corrected chi connectivity index (χ2v) is 8.60. The summed E-state index contributed by atoms with van der Waals surface area (Å²) in [6.45, 7) is 9.71. The fraction of sp³-hybridized carbons (Fsp3) is 0.250. The second-order valence-electron chi connectivity index (χ2n) is 8.60. The van der Waals surface area contributed by atoms with Crippen LogP contribution in [0.2, 0.25) is 0 Å². The van der Waals surface area contributed by atoms with E-state index in [0.717, 1.165) is 16.7 Å². The standard InChI is InChI=1S/C28H31NO2/c1-5-24(21-15-9-6-10-16-21)26(27(30)31-28(2,3)4)29-25(22-17-11-7-12-18-22)23-19-13-8-14-20-23/h5-20,24-26,29H,1H2,2-4H3/t24-,26+/m1/s1. The van der Waals surface area contributed by atoms with E-state index in [0.29, 0.717) is 0 Å². The molecule has 0 unspecified atom stereocenters. The van der Waals surface area contributed by atoms with Gasteiger partial charge in [-0.3, -0.25) is 10.1 Å². The van der Waals surface area contributed by atoms with Crippen LogP contribution in [0.3, 0.4) is 0 Å². The molecule has 0 aliphatic carbocycles. The zero-order chi connectivity index (χ0) is 22.3. The molecule has 0 spiro atoms. The molecule has 160 valence electrons. The first-order valence-corrected chi connectivity index (χ1v) is 10.7. The molecule has 0 saturated carbocycles. The number of hydrogen-bond donors (Lipinski definition) is 1. The van der Waals surface area contributed by atoms with Gasteiger partial charge in [0.1, 0.15) is 11.6 Å². The van der Waals surface area contributed by atoms with E-state index < -0.39 is 11.6 Å². The van der Waals surface area contributed by atoms with Crippen molar-refractivity contribution < 1.29 is 9.53 Å². The average molecular weight is 414 g/mol. The van der Waals surface area contributed by atoms with Gasteiger partial charge in [-0.05, 0) is 37.5 Å². The van der Waals surface area contributed by atoms with Gasteiger partial charge < -0.3 is 4.74 Å². The first kappa shape index (κ1) is 22.5. The summed E-state index contributed by atoms with van der Waals surface area (Å²) in [6.07, 6.45) is 1.82. The van der Waals surface area contributed by atoms with E-state index in [1.165, 1.54) is 0 Å². The molecule has 0 radical (unpaired) electrons. The molecule has 1 N–H and O–H groups in total. The minimum atomic E-state index is -0.607. The van der Waals surface area contributed by atoms with Crippen LogP contribution in [-0.4, -0.2) is 17.6 Å². The largest absolute Gasteiger partial charge is 0.459 e. The fourth-order valence-electron chi connectivity index (χ4n) is 3.68. The quantitative estimate of drug-likeness (QED) is 0.361. The third-order valence-electron chi connectivity index (χ3n) is 5.07. The summed E-state index contributed by atoms with van der Waals surface area (Å²) in [5, 5.41) is 3.61. The zero-order valence-corrected chi connectivity index (χ0v) is 18.5. The summed E-state index contributed by atoms with van der Waals surface area (Å²) in [5.41, 5.74) is 2.59. The van der Waals surface area contributed by atoms with Crippen molar-refractivity contribution in [1.82, 2.24) is 5.32 Å². The van der Waals surface area contributed by atoms with Crippen LogP contribution < -0.4 is 5.32 Å². The highest BCUT2D eigenvalue weighted by atomic mass is 16.6. The summed E-state index contributed by atoms with van der Waals surface area (Å²) in [6, 6.07) is 29.5. The van der Waals surface area contributed by atoms with Gasteiger partial charge in [0, 0.05) is 5.92 Å². The number of hydrogen-bond acceptors (Lipinski definition) is 3. The molecule has 0 amide bonds. The second kappa shape index (κ2) is 10.2. The maximum Gasteiger partial charge on any atom is 0.324 e. The number of carbonyl (C=O) groups excluding carboxylic acids is 1. The highest BCUT2D eigenvalue weighted by molar-refractivity contribution is 5.78. The van der Waals surface area contributed by atoms with Gasteiger partial charge in [-0.15, -0.1) is 6.58 Å². The van der Waals surface area contributed by atoms with Gasteiger partial charge >= 0.3 is 5.97 Å². The monoisotopic (exact) mass is 413 g/mol. The lowest BCUT2D eigenvalue weighted by molar-refractivity contribution is -0.158. The van der Waals surface area contributed by atoms with Gasteiger partial charge in [0.05, 0.1) is 6.04 Å². The van der Waals surface area contributed by atoms with E-state index in [2.05, 4.69) is 36.2 Å². The van der Waals surface area contributed by atoms with Gasteiger partial charge in [0.25, 0.3) is 0 Å². The van der Waals surface area contributed by atoms with Crippen LogP contribution in [0.25, 0.3) is 0 Å². The van der Waals surface area contributed by atoms with Crippen LogP contribution in [-0.2, 0) is 9.53 Å². The van der Waals surface area contributed by atoms with Crippen molar-refractivity contribution in [3.05, 3.63) is 120 Å². The number of rotatable bonds is 8. The molecule has 3 nitrogen and oxygen atoms in total. The van der Waals surface area contributed by atoms with Crippen molar-refractivity contribution in [2.24, 2.45) is 0 Å². The van der Waals surface area contributed by atoms with Crippen molar-refractivity contribution in [3.8, 4) is 0 Å². The normalized spacial score (nSPS) is 13.4. The van der Waals surface area contributed by atoms with Crippen LogP contribution in [0.15, 0.2) is 104 Å². The minimum Gasteiger partial charge on any atom is -0.459 e. The molecule has 2 atom stereocenters. The number of esters is 1. The van der Waals surface area contributed by atoms with Crippen molar-refractivity contribution in [1.29, 1.82) is 0 Å². The number of benzene rings is 3. The predicted molar refractivity (Wildman–Crippen MR) is 127 cm³/mol. The molecular formula is C28H31NO2. The smallest absolute Gasteiger partial charge is 0.324 e. The van der Waals surface area contributed by atoms with Crippen molar-refractivity contribution in [2.75, 3.05) is 0 Å². The third-order valence-corrected chi connectivity index (χ3v) is 5.07. The Morgan fingerprint density at radius 3 is 1.61 bits per heavy atom. The minimum absolute atomic E-state index is 0.175. The highest BCUT2D eigenvalue weighted by Gasteiger charge is 2.34. The molecule has 3 aromatic rings. The van der Waals surface area contributed by atoms with E-state index in [-0.39, 0.29) is 17.9 Å². The SMILES string of the molecule is C=C[C@H](c1ccccc1)[C@H](NC(c1ccccc1)c1ccccc1)C(=O)OC(C)(C)C. The number of carbonyl (C=O) groups is 1. The molecule has 3 aromatic carbocycles. The number of ether oxygens (including phenoxy) is 1. The van der Waals surface area contributed by atoms with Gasteiger partial charge in [-0.2, -0.15) is 0 Å². The van der Waals surface area contributed by atoms with Crippen molar-refractivity contribution in [3.63, 3.8) is 0 Å². The Hall–Kier alpha value is -3.17. The van der Waals surface area contributed by atoms with Crippen LogP contribution in [0.4, 0.5) is 0 Å². The van der Waals surface area contributed by atoms with Crippen molar-refractivity contribution in [2.45, 2.75) is 44.4 Å². The van der Waals surface area contributed by atoms with Crippen LogP contribution >= 0.6 is 0 Å². The molecule has 0 saturated heterocycles. The predicted octanol–water partition coefficient (Wildman–Crippen LogP) is 6.05. The van der Waals surface area contributed by atoms with E-state index >= 15 is 0 Å². The lowest BCUT2D eigenvalue weighted by Gasteiger charge is -2.32. The van der Waals surface area contributed by atoms with E-state index in [1.807, 2.05) is 93.6 Å². The van der Waals surface area contributed by atoms with Gasteiger partial charge in [-0.1, -0.05) is 97.1 Å². The van der Waals surface area contributed by atoms with E-state index in [4.69, 9.17) is 4.74 Å². The Bertz CT molecular complexity index is 923. The first-order chi connectivity index (χ1) is 14.9. The maximum atomic E-state index is 13.4. The van der Waals surface area contributed by atoms with Crippen LogP contribution in [0.1, 0.15) is 49.4 Å². The Morgan fingerprint density at radius 2 is 1.23 bits per heavy atom. The highest BCUT2D eigenvalue weighted by Crippen LogP contribution is 2.29. The van der Waals surface area contributed by atoms with E-state index in [1.54, 1.807) is 0 Å². The summed E-state index contributed by atoms with van der Waals surface area (Å²) >= 11 is 0. The molecular weight excluding hydrogens is 382 g/mol. The summed E-state index contributed by atoms with van der Waals surface area (Å²) in [7, 11) is 0. The number of nitrogens with one attached hydrogen (secondary N) is 1. The Balaban J connectivity index is 2.04. The maximum absolute atomic E-state index is 13.4. The van der Waals surface area contributed by atoms with Gasteiger partial charge in [0.15, 0.2) is 0 Å². The Kier molecular flexibility index (Phi) is 7.43. The Morgan fingerprint density at radius 1 is 0.806 bits per heavy atom. The van der Waals surface area contributed by atoms with Crippen LogP contribution in [0.5, 0.6) is 0 Å². The molecule has 0 aliphatic heterocycles. The molecule has 0 aromatic heterocycles. The Labute approximate surface area is 185 Å². The summed E-state index contributed by atoms with van der Waals surface area (Å²) in [5.74, 6) is -0.538. The summed E-state index contributed by atoms with van der Waals surface area (Å²) < 4.78 is 5.83. The molecule has 0 aliphatic rings. The van der Waals surface area contributed by atoms with Gasteiger partial charge in [0.2, 0.25) is 0 Å². The molecule has 3 heteroatoms. The van der Waals surface area contributed by atoms with Gasteiger partial charge in [-0.25, -0.2) is 0 Å². The van der Waals surface area contributed by atoms with E-state index in [9.17, 15) is 4.79 Å². The zero-order valence-electron chi connectivity index (χ0n) is 18.5. The molecule has 0 bridgehead atoms. The molecule has 0 fully saturated rings. The third kappa shape index (κ3) is 6.16. The molecule has 3 rings (SSSR count). The van der Waals surface area contributed by atoms with Crippen LogP contribution in [0, 0.1) is 0 Å². The lowest BCUT2D eigenvalue weighted by atomic mass is 9.89. The van der Waals surface area contributed by atoms with Crippen molar-refractivity contribution >= 4 is 5.97 Å². The fourth-order valence-corrected chi connectivity index (χ4v) is 3.68. The first-order valence-electron chi connectivity index (χ1n) is 10.7.